The van der Waals surface area contributed by atoms with Crippen LogP contribution in [0.3, 0.4) is 0 Å². The Kier molecular flexibility index (Phi) is 6.67. The number of carbonyl (C=O) groups is 1. The van der Waals surface area contributed by atoms with E-state index in [-0.39, 0.29) is 17.9 Å². The molecule has 2 aromatic carbocycles. The third-order valence-corrected chi connectivity index (χ3v) is 4.45. The van der Waals surface area contributed by atoms with Crippen LogP contribution in [0.15, 0.2) is 36.4 Å². The highest BCUT2D eigenvalue weighted by atomic mass is 16.5. The molecule has 1 atom stereocenters. The molecule has 5 N–H and O–H groups in total. The molecule has 0 saturated heterocycles. The first-order chi connectivity index (χ1) is 13.1. The van der Waals surface area contributed by atoms with Crippen LogP contribution in [0.2, 0.25) is 0 Å². The van der Waals surface area contributed by atoms with E-state index in [0.717, 1.165) is 16.9 Å². The molecule has 0 aliphatic heterocycles. The fraction of sp³-hybridized carbons (Fsp3) is 0.364. The molecule has 0 saturated carbocycles. The first-order valence-corrected chi connectivity index (χ1v) is 9.35. The SMILES string of the molecule is Cc1cc(OC(C)C)c(C(C)C)cc1C(Nc1ccc(C(=N)N)cc1)C(=O)O. The summed E-state index contributed by atoms with van der Waals surface area (Å²) < 4.78 is 5.94. The Labute approximate surface area is 166 Å². The quantitative estimate of drug-likeness (QED) is 0.398. The predicted octanol–water partition coefficient (Wildman–Crippen LogP) is 4.43. The highest BCUT2D eigenvalue weighted by Gasteiger charge is 2.24. The first-order valence-electron chi connectivity index (χ1n) is 9.35. The van der Waals surface area contributed by atoms with Gasteiger partial charge in [-0.1, -0.05) is 13.8 Å². The second-order valence-electron chi connectivity index (χ2n) is 7.47. The number of carboxylic acids is 1. The molecule has 0 aliphatic rings. The maximum absolute atomic E-state index is 12.0. The van der Waals surface area contributed by atoms with Crippen molar-refractivity contribution in [1.29, 1.82) is 5.41 Å². The Hall–Kier alpha value is -3.02. The van der Waals surface area contributed by atoms with Gasteiger partial charge in [0.1, 0.15) is 11.6 Å². The van der Waals surface area contributed by atoms with Crippen molar-refractivity contribution in [3.05, 3.63) is 58.7 Å². The van der Waals surface area contributed by atoms with Crippen molar-refractivity contribution in [1.82, 2.24) is 0 Å². The van der Waals surface area contributed by atoms with Crippen molar-refractivity contribution >= 4 is 17.5 Å². The third-order valence-electron chi connectivity index (χ3n) is 4.45. The summed E-state index contributed by atoms with van der Waals surface area (Å²) in [7, 11) is 0. The Morgan fingerprint density at radius 1 is 1.11 bits per heavy atom. The summed E-state index contributed by atoms with van der Waals surface area (Å²) in [5.41, 5.74) is 9.23. The van der Waals surface area contributed by atoms with E-state index in [2.05, 4.69) is 19.2 Å². The lowest BCUT2D eigenvalue weighted by atomic mass is 9.92. The molecule has 0 aromatic heterocycles. The van der Waals surface area contributed by atoms with Crippen LogP contribution >= 0.6 is 0 Å². The fourth-order valence-electron chi connectivity index (χ4n) is 3.02. The Bertz CT molecular complexity index is 858. The summed E-state index contributed by atoms with van der Waals surface area (Å²) in [5.74, 6) is -0.0101. The minimum atomic E-state index is -0.967. The molecule has 6 nitrogen and oxygen atoms in total. The van der Waals surface area contributed by atoms with Crippen molar-refractivity contribution in [2.24, 2.45) is 5.73 Å². The minimum absolute atomic E-state index is 0.0282. The number of amidine groups is 1. The number of hydrogen-bond acceptors (Lipinski definition) is 4. The van der Waals surface area contributed by atoms with Crippen LogP contribution < -0.4 is 15.8 Å². The monoisotopic (exact) mass is 383 g/mol. The van der Waals surface area contributed by atoms with Crippen LogP contribution in [0.5, 0.6) is 5.75 Å². The number of nitrogens with two attached hydrogens (primary N) is 1. The van der Waals surface area contributed by atoms with E-state index in [0.29, 0.717) is 16.8 Å². The molecule has 2 rings (SSSR count). The molecule has 0 radical (unpaired) electrons. The lowest BCUT2D eigenvalue weighted by Gasteiger charge is -2.23. The van der Waals surface area contributed by atoms with E-state index in [1.807, 2.05) is 32.9 Å². The normalized spacial score (nSPS) is 12.1. The summed E-state index contributed by atoms with van der Waals surface area (Å²) in [6.07, 6.45) is 0.0379. The first kappa shape index (κ1) is 21.3. The Balaban J connectivity index is 2.43. The van der Waals surface area contributed by atoms with Crippen LogP contribution in [0.4, 0.5) is 5.69 Å². The van der Waals surface area contributed by atoms with Gasteiger partial charge in [0.15, 0.2) is 6.04 Å². The van der Waals surface area contributed by atoms with Gasteiger partial charge in [0.2, 0.25) is 0 Å². The van der Waals surface area contributed by atoms with Crippen LogP contribution in [0.1, 0.15) is 61.9 Å². The molecule has 28 heavy (non-hydrogen) atoms. The van der Waals surface area contributed by atoms with Crippen LogP contribution in [0.25, 0.3) is 0 Å². The molecule has 150 valence electrons. The molecule has 6 heteroatoms. The predicted molar refractivity (Wildman–Crippen MR) is 112 cm³/mol. The highest BCUT2D eigenvalue weighted by molar-refractivity contribution is 5.95. The standard InChI is InChI=1S/C22H29N3O3/c1-12(2)17-11-18(14(5)10-19(17)28-13(3)4)20(22(26)27)25-16-8-6-15(7-9-16)21(23)24/h6-13,20,25H,1-5H3,(H3,23,24)(H,26,27). The number of anilines is 1. The van der Waals surface area contributed by atoms with E-state index in [1.54, 1.807) is 24.3 Å². The smallest absolute Gasteiger partial charge is 0.330 e. The minimum Gasteiger partial charge on any atom is -0.491 e. The second-order valence-corrected chi connectivity index (χ2v) is 7.47. The van der Waals surface area contributed by atoms with Crippen molar-refractivity contribution < 1.29 is 14.6 Å². The van der Waals surface area contributed by atoms with E-state index in [9.17, 15) is 9.90 Å². The summed E-state index contributed by atoms with van der Waals surface area (Å²) in [6.45, 7) is 9.96. The second kappa shape index (κ2) is 8.78. The number of rotatable bonds is 8. The van der Waals surface area contributed by atoms with Crippen molar-refractivity contribution in [2.75, 3.05) is 5.32 Å². The van der Waals surface area contributed by atoms with Crippen molar-refractivity contribution in [3.8, 4) is 5.75 Å². The number of aryl methyl sites for hydroxylation is 1. The zero-order chi connectivity index (χ0) is 21.0. The molecule has 0 amide bonds. The zero-order valence-electron chi connectivity index (χ0n) is 17.0. The maximum atomic E-state index is 12.0. The van der Waals surface area contributed by atoms with Gasteiger partial charge in [0, 0.05) is 11.3 Å². The van der Waals surface area contributed by atoms with Gasteiger partial charge < -0.3 is 20.9 Å². The summed E-state index contributed by atoms with van der Waals surface area (Å²) in [5, 5.41) is 20.4. The molecule has 0 aliphatic carbocycles. The van der Waals surface area contributed by atoms with E-state index >= 15 is 0 Å². The number of aliphatic carboxylic acids is 1. The van der Waals surface area contributed by atoms with E-state index in [1.165, 1.54) is 0 Å². The molecule has 2 aromatic rings. The molecular weight excluding hydrogens is 354 g/mol. The largest absolute Gasteiger partial charge is 0.491 e. The lowest BCUT2D eigenvalue weighted by molar-refractivity contribution is -0.138. The molecular formula is C22H29N3O3. The zero-order valence-corrected chi connectivity index (χ0v) is 17.0. The van der Waals surface area contributed by atoms with Crippen molar-refractivity contribution in [2.45, 2.75) is 52.7 Å². The third kappa shape index (κ3) is 5.03. The Morgan fingerprint density at radius 2 is 1.71 bits per heavy atom. The van der Waals surface area contributed by atoms with E-state index < -0.39 is 12.0 Å². The van der Waals surface area contributed by atoms with Gasteiger partial charge in [0.25, 0.3) is 0 Å². The van der Waals surface area contributed by atoms with Gasteiger partial charge >= 0.3 is 5.97 Å². The van der Waals surface area contributed by atoms with Gasteiger partial charge in [-0.3, -0.25) is 5.41 Å². The number of carboxylic acid groups (broad SMARTS) is 1. The molecule has 0 bridgehead atoms. The molecule has 1 unspecified atom stereocenters. The Morgan fingerprint density at radius 3 is 2.18 bits per heavy atom. The van der Waals surface area contributed by atoms with Crippen LogP contribution in [-0.4, -0.2) is 23.0 Å². The average molecular weight is 383 g/mol. The molecule has 0 heterocycles. The number of ether oxygens (including phenoxy) is 1. The number of benzene rings is 2. The van der Waals surface area contributed by atoms with Gasteiger partial charge in [0.05, 0.1) is 6.10 Å². The van der Waals surface area contributed by atoms with Crippen molar-refractivity contribution in [3.63, 3.8) is 0 Å². The van der Waals surface area contributed by atoms with Gasteiger partial charge in [-0.2, -0.15) is 0 Å². The number of hydrogen-bond donors (Lipinski definition) is 4. The van der Waals surface area contributed by atoms with Gasteiger partial charge in [-0.25, -0.2) is 4.79 Å². The summed E-state index contributed by atoms with van der Waals surface area (Å²) in [4.78, 5) is 12.0. The number of nitrogen functional groups attached to an aromatic ring is 1. The topological polar surface area (TPSA) is 108 Å². The van der Waals surface area contributed by atoms with Crippen LogP contribution in [0, 0.1) is 12.3 Å². The maximum Gasteiger partial charge on any atom is 0.330 e. The lowest BCUT2D eigenvalue weighted by Crippen LogP contribution is -2.22. The summed E-state index contributed by atoms with van der Waals surface area (Å²) >= 11 is 0. The average Bonchev–Trinajstić information content (AvgIpc) is 2.59. The highest BCUT2D eigenvalue weighted by Crippen LogP contribution is 2.34. The molecule has 0 fully saturated rings. The molecule has 0 spiro atoms. The van der Waals surface area contributed by atoms with Gasteiger partial charge in [-0.05, 0) is 79.8 Å². The fourth-order valence-corrected chi connectivity index (χ4v) is 3.02. The van der Waals surface area contributed by atoms with E-state index in [4.69, 9.17) is 15.9 Å². The number of nitrogens with one attached hydrogen (secondary N) is 2. The van der Waals surface area contributed by atoms with Gasteiger partial charge in [-0.15, -0.1) is 0 Å². The van der Waals surface area contributed by atoms with Crippen LogP contribution in [-0.2, 0) is 4.79 Å². The summed E-state index contributed by atoms with van der Waals surface area (Å²) in [6, 6.07) is 9.76.